The van der Waals surface area contributed by atoms with Crippen LogP contribution in [0.15, 0.2) is 71.9 Å². The van der Waals surface area contributed by atoms with Gasteiger partial charge in [-0.1, -0.05) is 18.5 Å². The number of carbonyl (C=O) groups is 2. The summed E-state index contributed by atoms with van der Waals surface area (Å²) in [7, 11) is -2.38. The summed E-state index contributed by atoms with van der Waals surface area (Å²) in [5.74, 6) is -0.442. The molecule has 2 aromatic carbocycles. The zero-order valence-electron chi connectivity index (χ0n) is 23.0. The number of anilines is 1. The van der Waals surface area contributed by atoms with Crippen LogP contribution in [0.3, 0.4) is 0 Å². The van der Waals surface area contributed by atoms with Crippen molar-refractivity contribution in [3.63, 3.8) is 0 Å². The van der Waals surface area contributed by atoms with Gasteiger partial charge in [-0.2, -0.15) is 4.31 Å². The molecule has 0 spiro atoms. The van der Waals surface area contributed by atoms with Gasteiger partial charge in [0.2, 0.25) is 15.9 Å². The van der Waals surface area contributed by atoms with Crippen LogP contribution in [0.2, 0.25) is 5.02 Å². The number of pyridine rings is 1. The summed E-state index contributed by atoms with van der Waals surface area (Å²) in [5.41, 5.74) is 1.42. The molecule has 0 fully saturated rings. The molecule has 2 N–H and O–H groups in total. The van der Waals surface area contributed by atoms with Crippen LogP contribution in [0.5, 0.6) is 5.75 Å². The lowest BCUT2D eigenvalue weighted by molar-refractivity contribution is -0.134. The number of halogens is 1. The number of fused-ring (bicyclic) bond motifs is 1. The van der Waals surface area contributed by atoms with Crippen molar-refractivity contribution in [1.82, 2.24) is 14.2 Å². The fourth-order valence-corrected chi connectivity index (χ4v) is 5.88. The van der Waals surface area contributed by atoms with Crippen LogP contribution in [-0.4, -0.2) is 78.4 Å². The van der Waals surface area contributed by atoms with Crippen molar-refractivity contribution < 1.29 is 27.9 Å². The normalized spacial score (nSPS) is 18.5. The Morgan fingerprint density at radius 2 is 1.88 bits per heavy atom. The third kappa shape index (κ3) is 7.23. The van der Waals surface area contributed by atoms with Crippen molar-refractivity contribution in [3.8, 4) is 5.75 Å². The molecule has 2 amide bonds. The van der Waals surface area contributed by atoms with Gasteiger partial charge in [-0.15, -0.1) is 0 Å². The van der Waals surface area contributed by atoms with E-state index in [1.165, 1.54) is 48.0 Å². The number of rotatable bonds is 8. The number of amides is 2. The molecule has 10 nitrogen and oxygen atoms in total. The maximum absolute atomic E-state index is 13.4. The molecule has 3 aromatic rings. The third-order valence-corrected chi connectivity index (χ3v) is 9.17. The summed E-state index contributed by atoms with van der Waals surface area (Å²) in [6.07, 6.45) is 2.37. The minimum absolute atomic E-state index is 0.00162. The topological polar surface area (TPSA) is 129 Å². The first-order valence-corrected chi connectivity index (χ1v) is 14.9. The van der Waals surface area contributed by atoms with E-state index in [-0.39, 0.29) is 48.7 Å². The van der Waals surface area contributed by atoms with Crippen LogP contribution in [0.1, 0.15) is 29.8 Å². The maximum Gasteiger partial charge on any atom is 0.255 e. The van der Waals surface area contributed by atoms with Crippen molar-refractivity contribution in [2.75, 3.05) is 32.1 Å². The van der Waals surface area contributed by atoms with Crippen molar-refractivity contribution in [2.45, 2.75) is 37.3 Å². The van der Waals surface area contributed by atoms with Crippen molar-refractivity contribution in [2.24, 2.45) is 5.92 Å². The van der Waals surface area contributed by atoms with Gasteiger partial charge in [0, 0.05) is 53.7 Å². The van der Waals surface area contributed by atoms with Gasteiger partial charge >= 0.3 is 0 Å². The summed E-state index contributed by atoms with van der Waals surface area (Å²) in [6.45, 7) is 3.65. The molecular formula is C29H33ClN4O6S. The van der Waals surface area contributed by atoms with E-state index in [4.69, 9.17) is 16.3 Å². The highest BCUT2D eigenvalue weighted by molar-refractivity contribution is 7.89. The molecule has 0 radical (unpaired) electrons. The number of aliphatic hydroxyl groups excluding tert-OH is 1. The van der Waals surface area contributed by atoms with Gasteiger partial charge in [0.15, 0.2) is 0 Å². The fraction of sp³-hybridized carbons (Fsp3) is 0.345. The van der Waals surface area contributed by atoms with Crippen LogP contribution < -0.4 is 10.1 Å². The Morgan fingerprint density at radius 3 is 2.54 bits per heavy atom. The Hall–Kier alpha value is -3.51. The Labute approximate surface area is 245 Å². The SMILES string of the molecule is C[C@H]1CN([C@@H](C)CO)C(=O)Cc2cc(NC(=O)c3ccncc3)ccc2O[C@@H]1CN(C)S(=O)(=O)c1ccc(Cl)cc1. The van der Waals surface area contributed by atoms with Gasteiger partial charge in [0.1, 0.15) is 11.9 Å². The molecule has 4 rings (SSSR count). The number of aliphatic hydroxyl groups is 1. The lowest BCUT2D eigenvalue weighted by Gasteiger charge is -2.33. The largest absolute Gasteiger partial charge is 0.488 e. The van der Waals surface area contributed by atoms with Gasteiger partial charge < -0.3 is 20.1 Å². The van der Waals surface area contributed by atoms with Gasteiger partial charge in [-0.05, 0) is 61.5 Å². The average Bonchev–Trinajstić information content (AvgIpc) is 3.00. The molecule has 1 aliphatic rings. The number of nitrogens with zero attached hydrogens (tertiary/aromatic N) is 3. The number of nitrogens with one attached hydrogen (secondary N) is 1. The van der Waals surface area contributed by atoms with Crippen LogP contribution in [0.25, 0.3) is 0 Å². The zero-order valence-corrected chi connectivity index (χ0v) is 24.6. The fourth-order valence-electron chi connectivity index (χ4n) is 4.57. The second-order valence-corrected chi connectivity index (χ2v) is 12.6. The van der Waals surface area contributed by atoms with Crippen LogP contribution in [0, 0.1) is 5.92 Å². The van der Waals surface area contributed by atoms with E-state index in [2.05, 4.69) is 10.3 Å². The summed E-state index contributed by atoms with van der Waals surface area (Å²) in [4.78, 5) is 31.8. The lowest BCUT2D eigenvalue weighted by Crippen LogP contribution is -2.48. The first kappa shape index (κ1) is 30.4. The van der Waals surface area contributed by atoms with E-state index in [0.717, 1.165) is 0 Å². The van der Waals surface area contributed by atoms with Gasteiger partial charge in [0.25, 0.3) is 5.91 Å². The minimum atomic E-state index is -3.86. The summed E-state index contributed by atoms with van der Waals surface area (Å²) in [6, 6.07) is 13.7. The van der Waals surface area contributed by atoms with E-state index in [1.54, 1.807) is 42.2 Å². The highest BCUT2D eigenvalue weighted by Crippen LogP contribution is 2.30. The minimum Gasteiger partial charge on any atom is -0.488 e. The third-order valence-electron chi connectivity index (χ3n) is 7.08. The predicted molar refractivity (Wildman–Crippen MR) is 155 cm³/mol. The monoisotopic (exact) mass is 600 g/mol. The number of aromatic nitrogens is 1. The van der Waals surface area contributed by atoms with Gasteiger partial charge in [0.05, 0.1) is 30.5 Å². The van der Waals surface area contributed by atoms with E-state index >= 15 is 0 Å². The molecule has 1 aliphatic heterocycles. The molecule has 2 heterocycles. The highest BCUT2D eigenvalue weighted by atomic mass is 35.5. The predicted octanol–water partition coefficient (Wildman–Crippen LogP) is 3.46. The van der Waals surface area contributed by atoms with E-state index < -0.39 is 22.2 Å². The Bertz CT molecular complexity index is 1490. The molecule has 0 saturated carbocycles. The first-order valence-electron chi connectivity index (χ1n) is 13.1. The molecule has 12 heteroatoms. The number of hydrogen-bond donors (Lipinski definition) is 2. The Morgan fingerprint density at radius 1 is 1.20 bits per heavy atom. The number of hydrogen-bond acceptors (Lipinski definition) is 7. The molecule has 0 bridgehead atoms. The van der Waals surface area contributed by atoms with Crippen molar-refractivity contribution >= 4 is 39.1 Å². The average molecular weight is 601 g/mol. The lowest BCUT2D eigenvalue weighted by atomic mass is 10.0. The van der Waals surface area contributed by atoms with E-state index in [0.29, 0.717) is 27.6 Å². The van der Waals surface area contributed by atoms with Crippen LogP contribution in [-0.2, 0) is 21.2 Å². The number of ether oxygens (including phenoxy) is 1. The maximum atomic E-state index is 13.4. The molecule has 0 saturated heterocycles. The number of benzene rings is 2. The highest BCUT2D eigenvalue weighted by Gasteiger charge is 2.33. The molecule has 41 heavy (non-hydrogen) atoms. The zero-order chi connectivity index (χ0) is 29.7. The van der Waals surface area contributed by atoms with E-state index in [9.17, 15) is 23.1 Å². The van der Waals surface area contributed by atoms with Crippen molar-refractivity contribution in [3.05, 3.63) is 83.1 Å². The molecule has 3 atom stereocenters. The van der Waals surface area contributed by atoms with Crippen molar-refractivity contribution in [1.29, 1.82) is 0 Å². The summed E-state index contributed by atoms with van der Waals surface area (Å²) >= 11 is 5.94. The first-order chi connectivity index (χ1) is 19.5. The van der Waals surface area contributed by atoms with Crippen LogP contribution in [0.4, 0.5) is 5.69 Å². The second-order valence-electron chi connectivity index (χ2n) is 10.1. The standard InChI is InChI=1S/C29H33ClN4O6S/c1-19-16-34(20(2)18-35)28(36)15-22-14-24(32-29(37)21-10-12-31-13-11-21)6-9-26(22)40-27(19)17-33(3)41(38,39)25-7-4-23(30)5-8-25/h4-14,19-20,27,35H,15-18H2,1-3H3,(H,32,37)/t19-,20-,27+/m0/s1. The van der Waals surface area contributed by atoms with Crippen LogP contribution >= 0.6 is 11.6 Å². The van der Waals surface area contributed by atoms with Gasteiger partial charge in [-0.25, -0.2) is 8.42 Å². The Kier molecular flexibility index (Phi) is 9.64. The Balaban J connectivity index is 1.65. The number of likely N-dealkylation sites (N-methyl/N-ethyl adjacent to an activating group) is 1. The van der Waals surface area contributed by atoms with E-state index in [1.807, 2.05) is 6.92 Å². The number of sulfonamides is 1. The summed E-state index contributed by atoms with van der Waals surface area (Å²) in [5, 5.41) is 13.1. The molecule has 0 aliphatic carbocycles. The molecule has 218 valence electrons. The molecule has 1 aromatic heterocycles. The smallest absolute Gasteiger partial charge is 0.255 e. The second kappa shape index (κ2) is 13.0. The quantitative estimate of drug-likeness (QED) is 0.405. The molecule has 0 unspecified atom stereocenters. The summed E-state index contributed by atoms with van der Waals surface area (Å²) < 4.78 is 34.3. The molecular weight excluding hydrogens is 568 g/mol. The van der Waals surface area contributed by atoms with Gasteiger partial charge in [-0.3, -0.25) is 14.6 Å². The number of carbonyl (C=O) groups excluding carboxylic acids is 2.